The van der Waals surface area contributed by atoms with Gasteiger partial charge in [-0.3, -0.25) is 9.59 Å². The summed E-state index contributed by atoms with van der Waals surface area (Å²) in [6.45, 7) is 0. The van der Waals surface area contributed by atoms with E-state index in [-0.39, 0.29) is 10.3 Å². The van der Waals surface area contributed by atoms with E-state index < -0.39 is 5.91 Å². The molecule has 4 nitrogen and oxygen atoms in total. The molecule has 2 heterocycles. The number of aromatic amines is 1. The Morgan fingerprint density at radius 1 is 1.25 bits per heavy atom. The first-order valence-corrected chi connectivity index (χ1v) is 8.94. The zero-order valence-electron chi connectivity index (χ0n) is 12.7. The minimum atomic E-state index is -0.426. The molecule has 1 aliphatic rings. The van der Waals surface area contributed by atoms with Gasteiger partial charge in [0.1, 0.15) is 4.83 Å². The van der Waals surface area contributed by atoms with Gasteiger partial charge in [0.25, 0.3) is 11.5 Å². The number of carbonyl (C=O) groups excluding carboxylic acids is 1. The molecular weight excluding hydrogens is 340 g/mol. The van der Waals surface area contributed by atoms with Crippen LogP contribution in [0, 0.1) is 4.77 Å². The third kappa shape index (κ3) is 2.48. The molecule has 0 radical (unpaired) electrons. The predicted octanol–water partition coefficient (Wildman–Crippen LogP) is 3.96. The molecule has 1 aliphatic carbocycles. The predicted molar refractivity (Wildman–Crippen MR) is 99.4 cm³/mol. The lowest BCUT2D eigenvalue weighted by atomic mass is 10.2. The Morgan fingerprint density at radius 2 is 2.04 bits per heavy atom. The fourth-order valence-electron chi connectivity index (χ4n) is 3.08. The van der Waals surface area contributed by atoms with Gasteiger partial charge in [-0.2, -0.15) is 0 Å². The van der Waals surface area contributed by atoms with E-state index in [1.165, 1.54) is 11.0 Å². The zero-order valence-corrected chi connectivity index (χ0v) is 14.4. The SMILES string of the molecule is O=C(/C=C/c1ccccc1)n1c(=S)[nH]c2sc3c(c2c1=O)CCC3. The third-order valence-corrected chi connectivity index (χ3v) is 5.69. The van der Waals surface area contributed by atoms with Crippen LogP contribution in [0.15, 0.2) is 41.2 Å². The molecule has 0 saturated carbocycles. The number of benzene rings is 1. The maximum Gasteiger partial charge on any atom is 0.270 e. The van der Waals surface area contributed by atoms with Crippen molar-refractivity contribution in [3.63, 3.8) is 0 Å². The number of H-pyrrole nitrogens is 1. The molecule has 1 aromatic carbocycles. The van der Waals surface area contributed by atoms with Gasteiger partial charge < -0.3 is 4.98 Å². The summed E-state index contributed by atoms with van der Waals surface area (Å²) in [6, 6.07) is 9.47. The van der Waals surface area contributed by atoms with Gasteiger partial charge in [-0.15, -0.1) is 11.3 Å². The van der Waals surface area contributed by atoms with Gasteiger partial charge in [0.15, 0.2) is 4.77 Å². The van der Waals surface area contributed by atoms with E-state index in [0.717, 1.165) is 39.8 Å². The first-order valence-electron chi connectivity index (χ1n) is 7.72. The second-order valence-electron chi connectivity index (χ2n) is 5.71. The van der Waals surface area contributed by atoms with Gasteiger partial charge in [0, 0.05) is 11.0 Å². The van der Waals surface area contributed by atoms with E-state index in [1.807, 2.05) is 30.3 Å². The highest BCUT2D eigenvalue weighted by molar-refractivity contribution is 7.71. The molecule has 4 rings (SSSR count). The number of fused-ring (bicyclic) bond motifs is 3. The molecule has 0 atom stereocenters. The lowest BCUT2D eigenvalue weighted by molar-refractivity contribution is 0.0963. The number of nitrogens with one attached hydrogen (secondary N) is 1. The molecule has 0 bridgehead atoms. The van der Waals surface area contributed by atoms with Gasteiger partial charge >= 0.3 is 0 Å². The quantitative estimate of drug-likeness (QED) is 0.560. The van der Waals surface area contributed by atoms with E-state index in [9.17, 15) is 9.59 Å². The summed E-state index contributed by atoms with van der Waals surface area (Å²) >= 11 is 6.82. The molecule has 0 aliphatic heterocycles. The number of thiophene rings is 1. The normalized spacial score (nSPS) is 13.7. The van der Waals surface area contributed by atoms with Crippen molar-refractivity contribution < 1.29 is 4.79 Å². The minimum Gasteiger partial charge on any atom is -0.323 e. The lowest BCUT2D eigenvalue weighted by Gasteiger charge is -2.03. The highest BCUT2D eigenvalue weighted by Crippen LogP contribution is 2.34. The molecule has 0 unspecified atom stereocenters. The Hall–Kier alpha value is -2.31. The molecule has 2 aromatic heterocycles. The van der Waals surface area contributed by atoms with E-state index >= 15 is 0 Å². The van der Waals surface area contributed by atoms with Crippen molar-refractivity contribution in [2.45, 2.75) is 19.3 Å². The highest BCUT2D eigenvalue weighted by atomic mass is 32.1. The first-order chi connectivity index (χ1) is 11.6. The molecule has 24 heavy (non-hydrogen) atoms. The summed E-state index contributed by atoms with van der Waals surface area (Å²) in [7, 11) is 0. The van der Waals surface area contributed by atoms with Crippen molar-refractivity contribution in [3.8, 4) is 0 Å². The first kappa shape index (κ1) is 15.2. The van der Waals surface area contributed by atoms with Crippen LogP contribution >= 0.6 is 23.6 Å². The van der Waals surface area contributed by atoms with Crippen molar-refractivity contribution in [1.82, 2.24) is 9.55 Å². The molecule has 120 valence electrons. The van der Waals surface area contributed by atoms with Crippen LogP contribution in [-0.2, 0) is 12.8 Å². The number of aryl methyl sites for hydroxylation is 2. The molecule has 6 heteroatoms. The zero-order chi connectivity index (χ0) is 16.7. The fourth-order valence-corrected chi connectivity index (χ4v) is 4.70. The van der Waals surface area contributed by atoms with Gasteiger partial charge in [-0.1, -0.05) is 30.3 Å². The van der Waals surface area contributed by atoms with Crippen LogP contribution in [0.3, 0.4) is 0 Å². The van der Waals surface area contributed by atoms with Crippen molar-refractivity contribution in [2.24, 2.45) is 0 Å². The van der Waals surface area contributed by atoms with Crippen molar-refractivity contribution in [1.29, 1.82) is 0 Å². The monoisotopic (exact) mass is 354 g/mol. The summed E-state index contributed by atoms with van der Waals surface area (Å²) in [6.07, 6.45) is 6.03. The summed E-state index contributed by atoms with van der Waals surface area (Å²) in [5.74, 6) is -0.426. The number of carbonyl (C=O) groups is 1. The molecule has 0 saturated heterocycles. The Balaban J connectivity index is 1.82. The molecule has 0 spiro atoms. The second-order valence-corrected chi connectivity index (χ2v) is 7.21. The number of hydrogen-bond acceptors (Lipinski definition) is 4. The maximum atomic E-state index is 12.9. The maximum absolute atomic E-state index is 12.9. The average Bonchev–Trinajstić information content (AvgIpc) is 3.14. The summed E-state index contributed by atoms with van der Waals surface area (Å²) < 4.78 is 1.21. The van der Waals surface area contributed by atoms with Crippen LogP contribution in [0.2, 0.25) is 0 Å². The van der Waals surface area contributed by atoms with E-state index in [2.05, 4.69) is 4.98 Å². The van der Waals surface area contributed by atoms with Crippen LogP contribution < -0.4 is 5.56 Å². The van der Waals surface area contributed by atoms with Crippen LogP contribution in [0.1, 0.15) is 27.2 Å². The van der Waals surface area contributed by atoms with Crippen LogP contribution in [0.5, 0.6) is 0 Å². The summed E-state index contributed by atoms with van der Waals surface area (Å²) in [5, 5.41) is 0.627. The molecule has 1 N–H and O–H groups in total. The Labute approximate surface area is 147 Å². The van der Waals surface area contributed by atoms with Gasteiger partial charge in [-0.05, 0) is 48.7 Å². The van der Waals surface area contributed by atoms with Crippen molar-refractivity contribution in [3.05, 3.63) is 67.5 Å². The third-order valence-electron chi connectivity index (χ3n) is 4.20. The van der Waals surface area contributed by atoms with E-state index in [4.69, 9.17) is 12.2 Å². The largest absolute Gasteiger partial charge is 0.323 e. The molecule has 3 aromatic rings. The number of nitrogens with zero attached hydrogens (tertiary/aromatic N) is 1. The fraction of sp³-hybridized carbons (Fsp3) is 0.167. The minimum absolute atomic E-state index is 0.148. The smallest absolute Gasteiger partial charge is 0.270 e. The van der Waals surface area contributed by atoms with Crippen LogP contribution in [0.4, 0.5) is 0 Å². The summed E-state index contributed by atoms with van der Waals surface area (Å²) in [4.78, 5) is 30.4. The van der Waals surface area contributed by atoms with E-state index in [1.54, 1.807) is 17.4 Å². The highest BCUT2D eigenvalue weighted by Gasteiger charge is 2.22. The lowest BCUT2D eigenvalue weighted by Crippen LogP contribution is -2.27. The van der Waals surface area contributed by atoms with Crippen molar-refractivity contribution in [2.75, 3.05) is 0 Å². The van der Waals surface area contributed by atoms with Crippen molar-refractivity contribution >= 4 is 45.8 Å². The van der Waals surface area contributed by atoms with Crippen LogP contribution in [0.25, 0.3) is 16.3 Å². The van der Waals surface area contributed by atoms with Gasteiger partial charge in [0.2, 0.25) is 0 Å². The Bertz CT molecular complexity index is 1090. The number of rotatable bonds is 2. The number of allylic oxidation sites excluding steroid dienone is 1. The number of aromatic nitrogens is 2. The van der Waals surface area contributed by atoms with Gasteiger partial charge in [0.05, 0.1) is 5.39 Å². The topological polar surface area (TPSA) is 54.9 Å². The Kier molecular flexibility index (Phi) is 3.78. The standard InChI is InChI=1S/C18H14N2O2S2/c21-14(10-9-11-5-2-1-3-6-11)20-17(22)15-12-7-4-8-13(12)24-16(15)19-18(20)23/h1-3,5-6,9-10H,4,7-8H2,(H,19,23)/b10-9+. The average molecular weight is 354 g/mol. The molecule has 0 fully saturated rings. The Morgan fingerprint density at radius 3 is 2.83 bits per heavy atom. The van der Waals surface area contributed by atoms with Gasteiger partial charge in [-0.25, -0.2) is 4.57 Å². The summed E-state index contributed by atoms with van der Waals surface area (Å²) in [5.41, 5.74) is 1.67. The molecular formula is C18H14N2O2S2. The second kappa shape index (κ2) is 5.96. The van der Waals surface area contributed by atoms with Crippen LogP contribution in [-0.4, -0.2) is 15.5 Å². The number of hydrogen-bond donors (Lipinski definition) is 1. The molecule has 0 amide bonds. The van der Waals surface area contributed by atoms with E-state index in [0.29, 0.717) is 5.39 Å².